The summed E-state index contributed by atoms with van der Waals surface area (Å²) in [5, 5.41) is 10.1. The van der Waals surface area contributed by atoms with Gasteiger partial charge in [-0.15, -0.1) is 0 Å². The second kappa shape index (κ2) is 13.9. The summed E-state index contributed by atoms with van der Waals surface area (Å²) < 4.78 is 13.5. The zero-order valence-corrected chi connectivity index (χ0v) is 27.9. The number of hydrogen-bond acceptors (Lipinski definition) is 7. The van der Waals surface area contributed by atoms with E-state index in [9.17, 15) is 19.5 Å². The van der Waals surface area contributed by atoms with Gasteiger partial charge >= 0.3 is 5.97 Å². The van der Waals surface area contributed by atoms with E-state index in [1.165, 1.54) is 30.6 Å². The molecule has 2 heterocycles. The zero-order valence-electron chi connectivity index (χ0n) is 25.5. The van der Waals surface area contributed by atoms with Gasteiger partial charge in [0.25, 0.3) is 11.5 Å². The number of carbonyl (C=O) groups excluding carboxylic acids is 1. The van der Waals surface area contributed by atoms with Crippen molar-refractivity contribution in [2.24, 2.45) is 4.99 Å². The third-order valence-electron chi connectivity index (χ3n) is 7.60. The summed E-state index contributed by atoms with van der Waals surface area (Å²) in [5.74, 6) is -0.597. The number of hydrogen-bond donors (Lipinski definition) is 1. The van der Waals surface area contributed by atoms with E-state index in [1.807, 2.05) is 26.0 Å². The van der Waals surface area contributed by atoms with Crippen LogP contribution in [0.4, 0.5) is 0 Å². The van der Waals surface area contributed by atoms with Crippen LogP contribution in [0.15, 0.2) is 81.7 Å². The van der Waals surface area contributed by atoms with Crippen molar-refractivity contribution in [1.82, 2.24) is 9.47 Å². The van der Waals surface area contributed by atoms with Crippen molar-refractivity contribution in [3.05, 3.63) is 124 Å². The minimum atomic E-state index is -1.03. The van der Waals surface area contributed by atoms with Gasteiger partial charge in [0.05, 0.1) is 39.5 Å². The van der Waals surface area contributed by atoms with E-state index >= 15 is 0 Å². The first kappa shape index (κ1) is 33.0. The lowest BCUT2D eigenvalue weighted by Gasteiger charge is -2.29. The molecule has 1 aliphatic rings. The average Bonchev–Trinajstić information content (AvgIpc) is 3.34. The van der Waals surface area contributed by atoms with Crippen LogP contribution >= 0.6 is 34.5 Å². The fourth-order valence-electron chi connectivity index (χ4n) is 5.30. The van der Waals surface area contributed by atoms with Crippen molar-refractivity contribution in [1.29, 1.82) is 0 Å². The van der Waals surface area contributed by atoms with Gasteiger partial charge in [-0.2, -0.15) is 0 Å². The molecule has 0 bridgehead atoms. The van der Waals surface area contributed by atoms with E-state index in [1.54, 1.807) is 58.9 Å². The van der Waals surface area contributed by atoms with Crippen LogP contribution in [0.3, 0.4) is 0 Å². The molecule has 5 rings (SSSR count). The van der Waals surface area contributed by atoms with Crippen molar-refractivity contribution in [2.45, 2.75) is 33.4 Å². The number of rotatable bonds is 10. The third kappa shape index (κ3) is 6.60. The van der Waals surface area contributed by atoms with Crippen LogP contribution < -0.4 is 24.4 Å². The fourth-order valence-corrected chi connectivity index (χ4v) is 6.75. The zero-order chi connectivity index (χ0) is 33.1. The molecule has 0 spiro atoms. The number of ether oxygens (including phenoxy) is 2. The van der Waals surface area contributed by atoms with Crippen LogP contribution in [0, 0.1) is 0 Å². The number of aromatic carboxylic acids is 1. The Bertz CT molecular complexity index is 2030. The quantitative estimate of drug-likeness (QED) is 0.230. The molecule has 1 aliphatic heterocycles. The molecule has 0 unspecified atom stereocenters. The standard InChI is InChI=1S/C34H31Cl2N3O6S/c1-5-38(6-2)32(41)28-19(3)37-34-39(29(28)22-10-12-24(35)13-11-22)31(40)27(46-34)17-21-15-25(36)30(26(16-21)44-4)45-18-20-8-7-9-23(14-20)33(42)43/h7-17,29H,5-6,18H2,1-4H3,(H,42,43)/b27-17+/t29-/m0/s1. The number of nitrogens with zero attached hydrogens (tertiary/aromatic N) is 3. The highest BCUT2D eigenvalue weighted by Gasteiger charge is 2.34. The molecule has 1 aromatic heterocycles. The van der Waals surface area contributed by atoms with Crippen LogP contribution in [0.1, 0.15) is 53.9 Å². The SMILES string of the molecule is CCN(CC)C(=O)C1=C(C)N=c2s/c(=C/c3cc(Cl)c(OCc4cccc(C(=O)O)c4)c(OC)c3)c(=O)n2[C@H]1c1ccc(Cl)cc1. The number of allylic oxidation sites excluding steroid dienone is 1. The van der Waals surface area contributed by atoms with Crippen LogP contribution in [-0.4, -0.2) is 46.6 Å². The largest absolute Gasteiger partial charge is 0.493 e. The smallest absolute Gasteiger partial charge is 0.335 e. The highest BCUT2D eigenvalue weighted by Crippen LogP contribution is 2.37. The van der Waals surface area contributed by atoms with Gasteiger partial charge in [0.2, 0.25) is 0 Å². The highest BCUT2D eigenvalue weighted by molar-refractivity contribution is 7.07. The molecule has 46 heavy (non-hydrogen) atoms. The third-order valence-corrected chi connectivity index (χ3v) is 9.11. The van der Waals surface area contributed by atoms with E-state index in [0.29, 0.717) is 55.6 Å². The van der Waals surface area contributed by atoms with Gasteiger partial charge < -0.3 is 19.5 Å². The molecule has 3 aromatic carbocycles. The van der Waals surface area contributed by atoms with Gasteiger partial charge in [0.15, 0.2) is 16.3 Å². The number of aromatic nitrogens is 1. The summed E-state index contributed by atoms with van der Waals surface area (Å²) in [7, 11) is 1.48. The number of likely N-dealkylation sites (N-methyl/N-ethyl adjacent to an activating group) is 1. The summed E-state index contributed by atoms with van der Waals surface area (Å²) in [6.45, 7) is 6.71. The summed E-state index contributed by atoms with van der Waals surface area (Å²) in [6.07, 6.45) is 1.70. The van der Waals surface area contributed by atoms with E-state index < -0.39 is 12.0 Å². The minimum absolute atomic E-state index is 0.0632. The molecule has 238 valence electrons. The van der Waals surface area contributed by atoms with Crippen molar-refractivity contribution in [3.8, 4) is 11.5 Å². The number of carbonyl (C=O) groups is 2. The number of halogens is 2. The lowest BCUT2D eigenvalue weighted by Crippen LogP contribution is -2.43. The molecule has 12 heteroatoms. The molecule has 4 aromatic rings. The van der Waals surface area contributed by atoms with Gasteiger partial charge in [0.1, 0.15) is 6.61 Å². The van der Waals surface area contributed by atoms with Gasteiger partial charge in [-0.1, -0.05) is 58.8 Å². The number of methoxy groups -OCH3 is 1. The van der Waals surface area contributed by atoms with Crippen molar-refractivity contribution < 1.29 is 24.2 Å². The molecule has 9 nitrogen and oxygen atoms in total. The van der Waals surface area contributed by atoms with Gasteiger partial charge in [-0.3, -0.25) is 14.2 Å². The summed E-state index contributed by atoms with van der Waals surface area (Å²) >= 11 is 14.0. The fraction of sp³-hybridized carbons (Fsp3) is 0.235. The Morgan fingerprint density at radius 2 is 1.80 bits per heavy atom. The maximum Gasteiger partial charge on any atom is 0.335 e. The second-order valence-electron chi connectivity index (χ2n) is 10.4. The van der Waals surface area contributed by atoms with Crippen molar-refractivity contribution >= 4 is 52.5 Å². The van der Waals surface area contributed by atoms with Crippen LogP contribution in [0.5, 0.6) is 11.5 Å². The molecule has 1 amide bonds. The van der Waals surface area contributed by atoms with Crippen molar-refractivity contribution in [3.63, 3.8) is 0 Å². The Labute approximate surface area is 279 Å². The number of amides is 1. The molecule has 0 aliphatic carbocycles. The Balaban J connectivity index is 1.56. The maximum atomic E-state index is 14.1. The molecule has 0 fully saturated rings. The lowest BCUT2D eigenvalue weighted by molar-refractivity contribution is -0.127. The van der Waals surface area contributed by atoms with Gasteiger partial charge in [-0.25, -0.2) is 9.79 Å². The minimum Gasteiger partial charge on any atom is -0.493 e. The predicted octanol–water partition coefficient (Wildman–Crippen LogP) is 5.70. The Morgan fingerprint density at radius 1 is 1.09 bits per heavy atom. The molecular weight excluding hydrogens is 649 g/mol. The number of fused-ring (bicyclic) bond motifs is 1. The number of carboxylic acid groups (broad SMARTS) is 1. The van der Waals surface area contributed by atoms with E-state index in [0.717, 1.165) is 5.56 Å². The predicted molar refractivity (Wildman–Crippen MR) is 179 cm³/mol. The van der Waals surface area contributed by atoms with Crippen molar-refractivity contribution in [2.75, 3.05) is 20.2 Å². The van der Waals surface area contributed by atoms with Crippen LogP contribution in [-0.2, 0) is 11.4 Å². The molecule has 1 N–H and O–H groups in total. The number of carboxylic acids is 1. The molecule has 0 radical (unpaired) electrons. The van der Waals surface area contributed by atoms with Gasteiger partial charge in [-0.05, 0) is 79.9 Å². The number of thiazole rings is 1. The molecule has 0 saturated heterocycles. The Hall–Kier alpha value is -4.38. The number of benzene rings is 3. The monoisotopic (exact) mass is 679 g/mol. The average molecular weight is 681 g/mol. The van der Waals surface area contributed by atoms with Crippen LogP contribution in [0.2, 0.25) is 10.0 Å². The molecule has 0 saturated carbocycles. The van der Waals surface area contributed by atoms with E-state index in [2.05, 4.69) is 0 Å². The van der Waals surface area contributed by atoms with Crippen LogP contribution in [0.25, 0.3) is 6.08 Å². The Kier molecular flexibility index (Phi) is 10.0. The van der Waals surface area contributed by atoms with E-state index in [-0.39, 0.29) is 34.4 Å². The summed E-state index contributed by atoms with van der Waals surface area (Å²) in [5.41, 5.74) is 2.79. The summed E-state index contributed by atoms with van der Waals surface area (Å²) in [4.78, 5) is 46.1. The van der Waals surface area contributed by atoms with E-state index in [4.69, 9.17) is 37.7 Å². The first-order valence-corrected chi connectivity index (χ1v) is 16.0. The second-order valence-corrected chi connectivity index (χ2v) is 12.3. The molecule has 1 atom stereocenters. The highest BCUT2D eigenvalue weighted by atomic mass is 35.5. The Morgan fingerprint density at radius 3 is 2.46 bits per heavy atom. The maximum absolute atomic E-state index is 14.1. The first-order chi connectivity index (χ1) is 22.1. The molecular formula is C34H31Cl2N3O6S. The normalized spacial score (nSPS) is 14.5. The van der Waals surface area contributed by atoms with Gasteiger partial charge in [0, 0.05) is 18.1 Å². The summed E-state index contributed by atoms with van der Waals surface area (Å²) in [6, 6.07) is 16.2. The topological polar surface area (TPSA) is 110 Å². The lowest BCUT2D eigenvalue weighted by atomic mass is 9.94. The first-order valence-electron chi connectivity index (χ1n) is 14.5.